The number of thioether (sulfide) groups is 1. The van der Waals surface area contributed by atoms with E-state index in [2.05, 4.69) is 10.3 Å². The second-order valence-electron chi connectivity index (χ2n) is 6.48. The van der Waals surface area contributed by atoms with Gasteiger partial charge in [-0.3, -0.25) is 4.79 Å². The van der Waals surface area contributed by atoms with E-state index in [9.17, 15) is 13.2 Å². The number of rotatable bonds is 8. The van der Waals surface area contributed by atoms with Crippen LogP contribution in [0.25, 0.3) is 0 Å². The number of aromatic amines is 1. The molecule has 1 aliphatic heterocycles. The highest BCUT2D eigenvalue weighted by Crippen LogP contribution is 2.38. The zero-order chi connectivity index (χ0) is 21.7. The molecular weight excluding hydrogens is 430 g/mol. The summed E-state index contributed by atoms with van der Waals surface area (Å²) in [4.78, 5) is 15.4. The monoisotopic (exact) mass is 455 g/mol. The lowest BCUT2D eigenvalue weighted by Gasteiger charge is -2.24. The van der Waals surface area contributed by atoms with E-state index in [1.54, 1.807) is 23.9 Å². The first kappa shape index (κ1) is 22.3. The highest BCUT2D eigenvalue weighted by Gasteiger charge is 2.27. The van der Waals surface area contributed by atoms with Gasteiger partial charge >= 0.3 is 0 Å². The third-order valence-electron chi connectivity index (χ3n) is 4.69. The fourth-order valence-electron chi connectivity index (χ4n) is 3.11. The summed E-state index contributed by atoms with van der Waals surface area (Å²) in [5.41, 5.74) is 0.912. The molecule has 164 valence electrons. The second-order valence-corrected chi connectivity index (χ2v) is 9.64. The first-order chi connectivity index (χ1) is 14.4. The summed E-state index contributed by atoms with van der Waals surface area (Å²) >= 11 is 1.73. The molecule has 3 rings (SSSR count). The minimum atomic E-state index is -3.61. The number of benzene rings is 1. The highest BCUT2D eigenvalue weighted by atomic mass is 32.2. The maximum atomic E-state index is 12.7. The predicted octanol–water partition coefficient (Wildman–Crippen LogP) is 1.71. The Morgan fingerprint density at radius 3 is 2.30 bits per heavy atom. The summed E-state index contributed by atoms with van der Waals surface area (Å²) in [5, 5.41) is 2.77. The van der Waals surface area contributed by atoms with Crippen molar-refractivity contribution in [1.82, 2.24) is 14.6 Å². The predicted molar refractivity (Wildman–Crippen MR) is 114 cm³/mol. The number of hydrogen-bond donors (Lipinski definition) is 2. The zero-order valence-corrected chi connectivity index (χ0v) is 18.7. The molecule has 0 radical (unpaired) electrons. The van der Waals surface area contributed by atoms with Crippen molar-refractivity contribution in [2.75, 3.05) is 45.9 Å². The lowest BCUT2D eigenvalue weighted by molar-refractivity contribution is 0.0946. The van der Waals surface area contributed by atoms with Crippen molar-refractivity contribution in [1.29, 1.82) is 0 Å². The van der Waals surface area contributed by atoms with Crippen LogP contribution in [0.1, 0.15) is 16.1 Å². The van der Waals surface area contributed by atoms with Crippen molar-refractivity contribution in [3.63, 3.8) is 0 Å². The molecule has 1 saturated heterocycles. The Morgan fingerprint density at radius 1 is 1.10 bits per heavy atom. The summed E-state index contributed by atoms with van der Waals surface area (Å²) < 4.78 is 42.8. The van der Waals surface area contributed by atoms with Gasteiger partial charge in [-0.15, -0.1) is 0 Å². The number of ether oxygens (including phenoxy) is 3. The van der Waals surface area contributed by atoms with Gasteiger partial charge in [-0.05, 0) is 23.8 Å². The van der Waals surface area contributed by atoms with Crippen molar-refractivity contribution >= 4 is 27.7 Å². The van der Waals surface area contributed by atoms with E-state index in [4.69, 9.17) is 14.2 Å². The summed E-state index contributed by atoms with van der Waals surface area (Å²) in [7, 11) is 0.940. The molecule has 2 aromatic rings. The van der Waals surface area contributed by atoms with E-state index in [0.29, 0.717) is 30.3 Å². The molecule has 2 heterocycles. The van der Waals surface area contributed by atoms with Crippen LogP contribution in [0, 0.1) is 0 Å². The molecule has 0 spiro atoms. The number of nitrogens with zero attached hydrogens (tertiary/aromatic N) is 1. The van der Waals surface area contributed by atoms with Gasteiger partial charge in [0.1, 0.15) is 10.6 Å². The third-order valence-corrected chi connectivity index (χ3v) is 7.51. The van der Waals surface area contributed by atoms with E-state index in [1.807, 2.05) is 0 Å². The van der Waals surface area contributed by atoms with Gasteiger partial charge in [-0.2, -0.15) is 16.1 Å². The van der Waals surface area contributed by atoms with Gasteiger partial charge in [0.05, 0.1) is 21.3 Å². The molecule has 1 amide bonds. The average Bonchev–Trinajstić information content (AvgIpc) is 3.28. The van der Waals surface area contributed by atoms with Crippen LogP contribution >= 0.6 is 11.8 Å². The summed E-state index contributed by atoms with van der Waals surface area (Å²) in [6.45, 7) is 1.14. The molecule has 11 heteroatoms. The molecule has 30 heavy (non-hydrogen) atoms. The number of hydrogen-bond acceptors (Lipinski definition) is 7. The van der Waals surface area contributed by atoms with Gasteiger partial charge in [-0.25, -0.2) is 8.42 Å². The lowest BCUT2D eigenvalue weighted by atomic mass is 10.1. The van der Waals surface area contributed by atoms with Crippen molar-refractivity contribution in [2.45, 2.75) is 11.4 Å². The van der Waals surface area contributed by atoms with Crippen LogP contribution in [0.5, 0.6) is 17.2 Å². The molecule has 2 N–H and O–H groups in total. The number of carbonyl (C=O) groups is 1. The van der Waals surface area contributed by atoms with Crippen molar-refractivity contribution in [3.05, 3.63) is 35.7 Å². The SMILES string of the molecule is COc1cc(CNC(=O)c2cc(S(=O)(=O)N3CCSCC3)c[nH]2)cc(OC)c1OC. The van der Waals surface area contributed by atoms with Crippen LogP contribution < -0.4 is 19.5 Å². The Hall–Kier alpha value is -2.37. The molecule has 1 aromatic heterocycles. The Kier molecular flexibility index (Phi) is 7.16. The minimum absolute atomic E-state index is 0.0901. The number of carbonyl (C=O) groups excluding carboxylic acids is 1. The Labute approximate surface area is 180 Å². The average molecular weight is 456 g/mol. The van der Waals surface area contributed by atoms with E-state index < -0.39 is 15.9 Å². The number of nitrogens with one attached hydrogen (secondary N) is 2. The Morgan fingerprint density at radius 2 is 1.73 bits per heavy atom. The molecule has 0 bridgehead atoms. The topological polar surface area (TPSA) is 110 Å². The fraction of sp³-hybridized carbons (Fsp3) is 0.421. The standard InChI is InChI=1S/C19H25N3O6S2/c1-26-16-8-13(9-17(27-2)18(16)28-3)11-21-19(23)15-10-14(12-20-15)30(24,25)22-4-6-29-7-5-22/h8-10,12,20H,4-7,11H2,1-3H3,(H,21,23). The van der Waals surface area contributed by atoms with E-state index in [1.165, 1.54) is 37.9 Å². The smallest absolute Gasteiger partial charge is 0.268 e. The third kappa shape index (κ3) is 4.68. The molecule has 0 aliphatic carbocycles. The van der Waals surface area contributed by atoms with E-state index >= 15 is 0 Å². The van der Waals surface area contributed by atoms with E-state index in [-0.39, 0.29) is 17.1 Å². The van der Waals surface area contributed by atoms with Crippen LogP contribution in [-0.2, 0) is 16.6 Å². The summed E-state index contributed by atoms with van der Waals surface area (Å²) in [6, 6.07) is 4.84. The van der Waals surface area contributed by atoms with Crippen molar-refractivity contribution < 1.29 is 27.4 Å². The molecule has 0 unspecified atom stereocenters. The van der Waals surface area contributed by atoms with Crippen molar-refractivity contribution in [3.8, 4) is 17.2 Å². The normalized spacial score (nSPS) is 14.9. The fourth-order valence-corrected chi connectivity index (χ4v) is 5.68. The number of methoxy groups -OCH3 is 3. The van der Waals surface area contributed by atoms with Crippen LogP contribution in [0.2, 0.25) is 0 Å². The van der Waals surface area contributed by atoms with Crippen LogP contribution in [0.3, 0.4) is 0 Å². The maximum absolute atomic E-state index is 12.7. The van der Waals surface area contributed by atoms with Gasteiger partial charge in [0, 0.05) is 37.3 Å². The second kappa shape index (κ2) is 9.63. The van der Waals surface area contributed by atoms with Gasteiger partial charge in [0.25, 0.3) is 5.91 Å². The molecular formula is C19H25N3O6S2. The number of sulfonamides is 1. The summed E-state index contributed by atoms with van der Waals surface area (Å²) in [5.74, 6) is 2.55. The lowest BCUT2D eigenvalue weighted by Crippen LogP contribution is -2.37. The molecule has 9 nitrogen and oxygen atoms in total. The zero-order valence-electron chi connectivity index (χ0n) is 17.1. The van der Waals surface area contributed by atoms with Crippen molar-refractivity contribution in [2.24, 2.45) is 0 Å². The first-order valence-corrected chi connectivity index (χ1v) is 11.8. The number of aromatic nitrogens is 1. The van der Waals surface area contributed by atoms with Gasteiger partial charge < -0.3 is 24.5 Å². The van der Waals surface area contributed by atoms with Gasteiger partial charge in [0.15, 0.2) is 11.5 Å². The molecule has 1 fully saturated rings. The van der Waals surface area contributed by atoms with Crippen LogP contribution in [0.15, 0.2) is 29.3 Å². The number of H-pyrrole nitrogens is 1. The largest absolute Gasteiger partial charge is 0.493 e. The van der Waals surface area contributed by atoms with Gasteiger partial charge in [0.2, 0.25) is 15.8 Å². The quantitative estimate of drug-likeness (QED) is 0.623. The Bertz CT molecular complexity index is 974. The molecule has 0 saturated carbocycles. The summed E-state index contributed by atoms with van der Waals surface area (Å²) in [6.07, 6.45) is 1.35. The molecule has 0 atom stereocenters. The molecule has 1 aromatic carbocycles. The van der Waals surface area contributed by atoms with Gasteiger partial charge in [-0.1, -0.05) is 0 Å². The van der Waals surface area contributed by atoms with Crippen LogP contribution in [-0.4, -0.2) is 69.5 Å². The highest BCUT2D eigenvalue weighted by molar-refractivity contribution is 7.99. The number of amides is 1. The maximum Gasteiger partial charge on any atom is 0.268 e. The van der Waals surface area contributed by atoms with E-state index in [0.717, 1.165) is 17.1 Å². The molecule has 1 aliphatic rings. The minimum Gasteiger partial charge on any atom is -0.493 e. The van der Waals surface area contributed by atoms with Crippen LogP contribution in [0.4, 0.5) is 0 Å². The first-order valence-electron chi connectivity index (χ1n) is 9.24. The Balaban J connectivity index is 1.70.